The summed E-state index contributed by atoms with van der Waals surface area (Å²) in [5.41, 5.74) is -1.70. The first-order valence-corrected chi connectivity index (χ1v) is 15.9. The number of hydrogen-bond donors (Lipinski definition) is 3. The first kappa shape index (κ1) is 36.8. The van der Waals surface area contributed by atoms with Crippen LogP contribution in [0.25, 0.3) is 11.3 Å². The van der Waals surface area contributed by atoms with Gasteiger partial charge in [-0.15, -0.1) is 12.4 Å². The molecule has 1 unspecified atom stereocenters. The number of β-amino-alcohol motifs (C(OH)–C–C–N with tert-alkyl or cyclic N) is 1. The Bertz CT molecular complexity index is 1870. The molecule has 3 aromatic heterocycles. The van der Waals surface area contributed by atoms with Crippen LogP contribution in [0.1, 0.15) is 45.1 Å². The van der Waals surface area contributed by atoms with E-state index in [-0.39, 0.29) is 96.8 Å². The fourth-order valence-corrected chi connectivity index (χ4v) is 6.31. The lowest BCUT2D eigenvalue weighted by Crippen LogP contribution is -2.60. The number of anilines is 1. The maximum atomic E-state index is 14.0. The third kappa shape index (κ3) is 7.62. The topological polar surface area (TPSA) is 151 Å². The van der Waals surface area contributed by atoms with Crippen LogP contribution in [0.4, 0.5) is 18.9 Å². The Morgan fingerprint density at radius 1 is 1.10 bits per heavy atom. The van der Waals surface area contributed by atoms with Gasteiger partial charge in [0.2, 0.25) is 0 Å². The zero-order valence-electron chi connectivity index (χ0n) is 26.8. The number of nitrogens with one attached hydrogen (secondary N) is 2. The maximum Gasteiger partial charge on any atom is 0.435 e. The van der Waals surface area contributed by atoms with Crippen LogP contribution in [0.2, 0.25) is 5.02 Å². The minimum Gasteiger partial charge on any atom is -0.379 e. The van der Waals surface area contributed by atoms with Crippen molar-refractivity contribution >= 4 is 47.4 Å². The number of benzene rings is 1. The van der Waals surface area contributed by atoms with Gasteiger partial charge in [-0.25, -0.2) is 4.98 Å². The van der Waals surface area contributed by atoms with Crippen molar-refractivity contribution in [2.75, 3.05) is 44.6 Å². The number of alkyl halides is 3. The number of imidazole rings is 1. The lowest BCUT2D eigenvalue weighted by atomic mass is 9.92. The number of aromatic nitrogens is 5. The summed E-state index contributed by atoms with van der Waals surface area (Å²) in [6.07, 6.45) is 1.82. The van der Waals surface area contributed by atoms with Crippen molar-refractivity contribution in [2.24, 2.45) is 7.05 Å². The van der Waals surface area contributed by atoms with Gasteiger partial charge >= 0.3 is 6.18 Å². The molecule has 2 fully saturated rings. The summed E-state index contributed by atoms with van der Waals surface area (Å²) in [6, 6.07) is 7.73. The van der Waals surface area contributed by atoms with E-state index in [1.54, 1.807) is 28.1 Å². The second-order valence-corrected chi connectivity index (χ2v) is 12.4. The predicted molar refractivity (Wildman–Crippen MR) is 179 cm³/mol. The number of nitrogens with zero attached hydrogens (tertiary/aromatic N) is 7. The molecule has 266 valence electrons. The highest BCUT2D eigenvalue weighted by atomic mass is 35.5. The smallest absolute Gasteiger partial charge is 0.379 e. The van der Waals surface area contributed by atoms with Crippen LogP contribution in [0.3, 0.4) is 0 Å². The Hall–Kier alpha value is -4.51. The van der Waals surface area contributed by atoms with Gasteiger partial charge in [-0.1, -0.05) is 17.7 Å². The molecule has 0 saturated carbocycles. The van der Waals surface area contributed by atoms with Crippen LogP contribution in [-0.4, -0.2) is 102 Å². The van der Waals surface area contributed by atoms with Crippen molar-refractivity contribution in [2.45, 2.75) is 31.2 Å². The molecule has 2 saturated heterocycles. The Balaban J connectivity index is 0.00000486. The minimum atomic E-state index is -4.77. The number of rotatable bonds is 7. The normalized spacial score (nSPS) is 18.0. The number of carbonyl (C=O) groups is 3. The number of piperazine rings is 1. The van der Waals surface area contributed by atoms with Gasteiger partial charge in [0.25, 0.3) is 17.7 Å². The van der Waals surface area contributed by atoms with Crippen LogP contribution in [0.5, 0.6) is 0 Å². The van der Waals surface area contributed by atoms with Crippen LogP contribution in [0, 0.1) is 0 Å². The molecule has 2 aliphatic rings. The Morgan fingerprint density at radius 2 is 1.84 bits per heavy atom. The molecule has 1 aromatic carbocycles. The van der Waals surface area contributed by atoms with Gasteiger partial charge in [-0.05, 0) is 49.2 Å². The van der Waals surface area contributed by atoms with E-state index < -0.39 is 23.4 Å². The molecule has 3 amide bonds. The summed E-state index contributed by atoms with van der Waals surface area (Å²) in [5, 5.41) is 20.3. The van der Waals surface area contributed by atoms with Crippen molar-refractivity contribution < 1.29 is 32.7 Å². The first-order valence-electron chi connectivity index (χ1n) is 15.5. The molecule has 18 heteroatoms. The zero-order valence-corrected chi connectivity index (χ0v) is 28.4. The number of halogens is 5. The first-order chi connectivity index (χ1) is 23.3. The molecule has 3 N–H and O–H groups in total. The molecule has 50 heavy (non-hydrogen) atoms. The maximum absolute atomic E-state index is 14.0. The highest BCUT2D eigenvalue weighted by Crippen LogP contribution is 2.36. The molecule has 0 radical (unpaired) electrons. The van der Waals surface area contributed by atoms with Gasteiger partial charge in [0.05, 0.1) is 34.6 Å². The van der Waals surface area contributed by atoms with E-state index in [0.717, 1.165) is 11.2 Å². The lowest BCUT2D eigenvalue weighted by Gasteiger charge is -2.40. The third-order valence-electron chi connectivity index (χ3n) is 8.64. The molecule has 0 spiro atoms. The van der Waals surface area contributed by atoms with Crippen molar-refractivity contribution in [1.82, 2.24) is 39.4 Å². The molecule has 1 atom stereocenters. The van der Waals surface area contributed by atoms with Crippen LogP contribution < -0.4 is 10.6 Å². The Labute approximate surface area is 295 Å². The summed E-state index contributed by atoms with van der Waals surface area (Å²) in [6.45, 7) is 2.03. The molecule has 4 aromatic rings. The van der Waals surface area contributed by atoms with Crippen LogP contribution in [0.15, 0.2) is 55.1 Å². The van der Waals surface area contributed by atoms with Gasteiger partial charge < -0.3 is 30.1 Å². The average Bonchev–Trinajstić information content (AvgIpc) is 3.68. The number of aliphatic hydroxyl groups is 1. The third-order valence-corrected chi connectivity index (χ3v) is 8.95. The van der Waals surface area contributed by atoms with E-state index in [0.29, 0.717) is 18.4 Å². The SMILES string of the molecule is Cl.Cn1c(-c2cn(Cc3cccnc3)nc2C(F)(F)F)cnc1C(=O)Nc1ccc(C(=O)N2CCN(C(=O)C3(O)CCCNC3)CC2)c(Cl)c1. The fourth-order valence-electron chi connectivity index (χ4n) is 6.05. The second kappa shape index (κ2) is 14.8. The standard InChI is InChI=1S/C32H33ClF3N9O4.ClH/c1-42-25(23-18-45(41-26(23)32(34,35)36)17-20-4-2-8-37-15-20)16-39-27(42)28(46)40-21-5-6-22(24(33)14-21)29(47)43-10-12-44(13-11-43)30(48)31(49)7-3-9-38-19-31;/h2,4-6,8,14-16,18,38,49H,3,7,9-13,17,19H2,1H3,(H,40,46);1H. The summed E-state index contributed by atoms with van der Waals surface area (Å²) < 4.78 is 44.4. The van der Waals surface area contributed by atoms with E-state index in [2.05, 4.69) is 25.7 Å². The molecular formula is C32H34Cl2F3N9O4. The van der Waals surface area contributed by atoms with Crippen molar-refractivity contribution in [1.29, 1.82) is 0 Å². The number of amides is 3. The van der Waals surface area contributed by atoms with E-state index >= 15 is 0 Å². The molecule has 6 rings (SSSR count). The number of piperidine rings is 1. The predicted octanol–water partition coefficient (Wildman–Crippen LogP) is 3.47. The van der Waals surface area contributed by atoms with Crippen molar-refractivity contribution in [3.8, 4) is 11.3 Å². The van der Waals surface area contributed by atoms with E-state index in [1.807, 2.05) is 0 Å². The number of pyridine rings is 1. The monoisotopic (exact) mass is 735 g/mol. The molecule has 5 heterocycles. The molecule has 0 bridgehead atoms. The second-order valence-electron chi connectivity index (χ2n) is 12.0. The largest absolute Gasteiger partial charge is 0.435 e. The van der Waals surface area contributed by atoms with E-state index in [1.165, 1.54) is 48.4 Å². The highest BCUT2D eigenvalue weighted by molar-refractivity contribution is 6.34. The lowest BCUT2D eigenvalue weighted by molar-refractivity contribution is -0.154. The van der Waals surface area contributed by atoms with Gasteiger partial charge in [-0.3, -0.25) is 24.0 Å². The average molecular weight is 737 g/mol. The van der Waals surface area contributed by atoms with Crippen molar-refractivity contribution in [3.05, 3.63) is 82.8 Å². The molecule has 2 aliphatic heterocycles. The Morgan fingerprint density at radius 3 is 2.48 bits per heavy atom. The minimum absolute atomic E-state index is 0. The molecule has 13 nitrogen and oxygen atoms in total. The van der Waals surface area contributed by atoms with Gasteiger partial charge in [-0.2, -0.15) is 18.3 Å². The summed E-state index contributed by atoms with van der Waals surface area (Å²) >= 11 is 6.46. The zero-order chi connectivity index (χ0) is 34.9. The molecule has 0 aliphatic carbocycles. The number of carbonyl (C=O) groups excluding carboxylic acids is 3. The van der Waals surface area contributed by atoms with Crippen molar-refractivity contribution in [3.63, 3.8) is 0 Å². The summed E-state index contributed by atoms with van der Waals surface area (Å²) in [4.78, 5) is 50.6. The molecular weight excluding hydrogens is 702 g/mol. The summed E-state index contributed by atoms with van der Waals surface area (Å²) in [5.74, 6) is -1.58. The van der Waals surface area contributed by atoms with Crippen LogP contribution >= 0.6 is 24.0 Å². The van der Waals surface area contributed by atoms with Gasteiger partial charge in [0.1, 0.15) is 0 Å². The van der Waals surface area contributed by atoms with Gasteiger partial charge in [0, 0.05) is 64.0 Å². The van der Waals surface area contributed by atoms with Gasteiger partial charge in [0.15, 0.2) is 17.1 Å². The van der Waals surface area contributed by atoms with Crippen LogP contribution in [-0.2, 0) is 24.6 Å². The number of hydrogen-bond acceptors (Lipinski definition) is 8. The fraction of sp³-hybridized carbons (Fsp3) is 0.375. The highest BCUT2D eigenvalue weighted by Gasteiger charge is 2.41. The quantitative estimate of drug-likeness (QED) is 0.261. The summed E-state index contributed by atoms with van der Waals surface area (Å²) in [7, 11) is 1.42. The van der Waals surface area contributed by atoms with E-state index in [9.17, 15) is 32.7 Å². The Kier molecular flexibility index (Phi) is 10.9. The van der Waals surface area contributed by atoms with E-state index in [4.69, 9.17) is 11.6 Å².